The number of carbonyl (C=O) groups excluding carboxylic acids is 2. The van der Waals surface area contributed by atoms with Crippen LogP contribution in [0.3, 0.4) is 0 Å². The molecule has 1 aromatic carbocycles. The van der Waals surface area contributed by atoms with Gasteiger partial charge in [-0.05, 0) is 18.2 Å². The average molecular weight is 295 g/mol. The maximum absolute atomic E-state index is 12.4. The van der Waals surface area contributed by atoms with Crippen molar-refractivity contribution in [1.29, 1.82) is 5.26 Å². The second-order valence-corrected chi connectivity index (χ2v) is 5.07. The Bertz CT molecular complexity index is 801. The second-order valence-electron chi connectivity index (χ2n) is 5.07. The number of nitriles is 1. The standard InChI is InChI=1S/C16H13N3O3/c1-19-6-5-13-14(16(19)21)12(9-22-13)15(20)18-11-4-2-3-10(7-11)8-17/h2-4,7,9H,5-6H2,1H3,(H,18,20). The van der Waals surface area contributed by atoms with Crippen molar-refractivity contribution in [3.63, 3.8) is 0 Å². The lowest BCUT2D eigenvalue weighted by Gasteiger charge is -2.21. The van der Waals surface area contributed by atoms with Crippen LogP contribution in [0.1, 0.15) is 32.0 Å². The Balaban J connectivity index is 1.89. The molecule has 0 bridgehead atoms. The van der Waals surface area contributed by atoms with E-state index in [2.05, 4.69) is 5.32 Å². The van der Waals surface area contributed by atoms with Gasteiger partial charge in [-0.3, -0.25) is 9.59 Å². The summed E-state index contributed by atoms with van der Waals surface area (Å²) in [5.74, 6) is -0.103. The van der Waals surface area contributed by atoms with Gasteiger partial charge >= 0.3 is 0 Å². The number of anilines is 1. The Morgan fingerprint density at radius 1 is 1.45 bits per heavy atom. The molecule has 22 heavy (non-hydrogen) atoms. The molecule has 0 saturated heterocycles. The van der Waals surface area contributed by atoms with Crippen LogP contribution in [-0.2, 0) is 6.42 Å². The van der Waals surface area contributed by atoms with Crippen molar-refractivity contribution in [2.75, 3.05) is 18.9 Å². The molecule has 0 unspecified atom stereocenters. The molecule has 6 heteroatoms. The monoisotopic (exact) mass is 295 g/mol. The molecule has 0 atom stereocenters. The van der Waals surface area contributed by atoms with Crippen molar-refractivity contribution < 1.29 is 14.0 Å². The number of amides is 2. The Morgan fingerprint density at radius 3 is 3.05 bits per heavy atom. The zero-order valence-electron chi connectivity index (χ0n) is 11.9. The van der Waals surface area contributed by atoms with E-state index in [9.17, 15) is 9.59 Å². The molecule has 1 aliphatic heterocycles. The van der Waals surface area contributed by atoms with E-state index in [0.29, 0.717) is 35.5 Å². The third-order valence-electron chi connectivity index (χ3n) is 3.60. The SMILES string of the molecule is CN1CCc2occ(C(=O)Nc3cccc(C#N)c3)c2C1=O. The summed E-state index contributed by atoms with van der Waals surface area (Å²) in [5.41, 5.74) is 1.48. The van der Waals surface area contributed by atoms with Gasteiger partial charge in [0.05, 0.1) is 22.8 Å². The predicted octanol–water partition coefficient (Wildman–Crippen LogP) is 2.03. The zero-order chi connectivity index (χ0) is 15.7. The highest BCUT2D eigenvalue weighted by Crippen LogP contribution is 2.25. The first kappa shape index (κ1) is 13.9. The maximum Gasteiger partial charge on any atom is 0.259 e. The molecule has 110 valence electrons. The number of benzene rings is 1. The van der Waals surface area contributed by atoms with Crippen molar-refractivity contribution >= 4 is 17.5 Å². The summed E-state index contributed by atoms with van der Waals surface area (Å²) in [5, 5.41) is 11.6. The first-order chi connectivity index (χ1) is 10.6. The highest BCUT2D eigenvalue weighted by Gasteiger charge is 2.30. The number of hydrogen-bond donors (Lipinski definition) is 1. The van der Waals surface area contributed by atoms with Crippen LogP contribution < -0.4 is 5.32 Å². The van der Waals surface area contributed by atoms with Crippen LogP contribution in [0.5, 0.6) is 0 Å². The molecule has 0 spiro atoms. The summed E-state index contributed by atoms with van der Waals surface area (Å²) in [6.07, 6.45) is 1.90. The van der Waals surface area contributed by atoms with Crippen LogP contribution in [-0.4, -0.2) is 30.3 Å². The maximum atomic E-state index is 12.4. The number of likely N-dealkylation sites (N-methyl/N-ethyl adjacent to an activating group) is 1. The van der Waals surface area contributed by atoms with Crippen LogP contribution >= 0.6 is 0 Å². The van der Waals surface area contributed by atoms with Gasteiger partial charge < -0.3 is 14.6 Å². The Hall–Kier alpha value is -3.07. The molecule has 2 heterocycles. The highest BCUT2D eigenvalue weighted by atomic mass is 16.3. The van der Waals surface area contributed by atoms with Gasteiger partial charge in [0.25, 0.3) is 11.8 Å². The van der Waals surface area contributed by atoms with Crippen LogP contribution in [0, 0.1) is 11.3 Å². The number of fused-ring (bicyclic) bond motifs is 1. The van der Waals surface area contributed by atoms with E-state index < -0.39 is 5.91 Å². The van der Waals surface area contributed by atoms with Crippen molar-refractivity contribution in [3.8, 4) is 6.07 Å². The Morgan fingerprint density at radius 2 is 2.27 bits per heavy atom. The molecular weight excluding hydrogens is 282 g/mol. The minimum Gasteiger partial charge on any atom is -0.468 e. The molecule has 0 fully saturated rings. The number of furan rings is 1. The summed E-state index contributed by atoms with van der Waals surface area (Å²) in [6, 6.07) is 8.58. The summed E-state index contributed by atoms with van der Waals surface area (Å²) in [4.78, 5) is 26.1. The molecule has 6 nitrogen and oxygen atoms in total. The number of nitrogens with zero attached hydrogens (tertiary/aromatic N) is 2. The van der Waals surface area contributed by atoms with Crippen molar-refractivity contribution in [2.24, 2.45) is 0 Å². The normalized spacial score (nSPS) is 13.5. The van der Waals surface area contributed by atoms with Gasteiger partial charge in [0.15, 0.2) is 0 Å². The lowest BCUT2D eigenvalue weighted by molar-refractivity contribution is 0.0770. The number of carbonyl (C=O) groups is 2. The number of rotatable bonds is 2. The van der Waals surface area contributed by atoms with Gasteiger partial charge in [-0.25, -0.2) is 0 Å². The van der Waals surface area contributed by atoms with E-state index >= 15 is 0 Å². The fourth-order valence-corrected chi connectivity index (χ4v) is 2.41. The lowest BCUT2D eigenvalue weighted by atomic mass is 10.0. The van der Waals surface area contributed by atoms with Gasteiger partial charge in [0.1, 0.15) is 12.0 Å². The molecule has 2 amide bonds. The van der Waals surface area contributed by atoms with E-state index in [1.54, 1.807) is 36.2 Å². The largest absolute Gasteiger partial charge is 0.468 e. The van der Waals surface area contributed by atoms with Crippen LogP contribution in [0.15, 0.2) is 34.9 Å². The Kier molecular flexibility index (Phi) is 3.39. The molecule has 0 radical (unpaired) electrons. The molecule has 3 rings (SSSR count). The predicted molar refractivity (Wildman–Crippen MR) is 78.5 cm³/mol. The van der Waals surface area contributed by atoms with E-state index in [1.807, 2.05) is 6.07 Å². The van der Waals surface area contributed by atoms with Crippen molar-refractivity contribution in [1.82, 2.24) is 4.90 Å². The minimum absolute atomic E-state index is 0.217. The van der Waals surface area contributed by atoms with E-state index in [-0.39, 0.29) is 11.5 Å². The van der Waals surface area contributed by atoms with Crippen LogP contribution in [0.2, 0.25) is 0 Å². The smallest absolute Gasteiger partial charge is 0.259 e. The molecule has 2 aromatic rings. The van der Waals surface area contributed by atoms with Gasteiger partial charge in [0, 0.05) is 25.7 Å². The molecule has 1 N–H and O–H groups in total. The first-order valence-corrected chi connectivity index (χ1v) is 6.77. The van der Waals surface area contributed by atoms with Gasteiger partial charge in [-0.15, -0.1) is 0 Å². The number of nitrogens with one attached hydrogen (secondary N) is 1. The molecule has 1 aromatic heterocycles. The first-order valence-electron chi connectivity index (χ1n) is 6.77. The number of hydrogen-bond acceptors (Lipinski definition) is 4. The fraction of sp³-hybridized carbons (Fsp3) is 0.188. The van der Waals surface area contributed by atoms with Crippen LogP contribution in [0.4, 0.5) is 5.69 Å². The van der Waals surface area contributed by atoms with E-state index in [4.69, 9.17) is 9.68 Å². The summed E-state index contributed by atoms with van der Waals surface area (Å²) in [6.45, 7) is 0.574. The van der Waals surface area contributed by atoms with E-state index in [1.165, 1.54) is 6.26 Å². The third-order valence-corrected chi connectivity index (χ3v) is 3.60. The topological polar surface area (TPSA) is 86.3 Å². The average Bonchev–Trinajstić information content (AvgIpc) is 2.96. The second kappa shape index (κ2) is 5.37. The molecular formula is C16H13N3O3. The van der Waals surface area contributed by atoms with E-state index in [0.717, 1.165) is 0 Å². The van der Waals surface area contributed by atoms with Crippen molar-refractivity contribution in [3.05, 3.63) is 53.0 Å². The lowest BCUT2D eigenvalue weighted by Crippen LogP contribution is -2.34. The molecule has 0 saturated carbocycles. The Labute approximate surface area is 126 Å². The van der Waals surface area contributed by atoms with Gasteiger partial charge in [0.2, 0.25) is 0 Å². The minimum atomic E-state index is -0.427. The van der Waals surface area contributed by atoms with Crippen LogP contribution in [0.25, 0.3) is 0 Å². The summed E-state index contributed by atoms with van der Waals surface area (Å²) < 4.78 is 5.35. The van der Waals surface area contributed by atoms with Gasteiger partial charge in [-0.2, -0.15) is 5.26 Å². The third kappa shape index (κ3) is 2.33. The fourth-order valence-electron chi connectivity index (χ4n) is 2.41. The highest BCUT2D eigenvalue weighted by molar-refractivity contribution is 6.12. The summed E-state index contributed by atoms with van der Waals surface area (Å²) >= 11 is 0. The zero-order valence-corrected chi connectivity index (χ0v) is 11.9. The van der Waals surface area contributed by atoms with Gasteiger partial charge in [-0.1, -0.05) is 6.07 Å². The van der Waals surface area contributed by atoms with Crippen molar-refractivity contribution in [2.45, 2.75) is 6.42 Å². The summed E-state index contributed by atoms with van der Waals surface area (Å²) in [7, 11) is 1.69. The quantitative estimate of drug-likeness (QED) is 0.918. The molecule has 0 aliphatic carbocycles. The molecule has 1 aliphatic rings.